The number of nitriles is 1. The zero-order valence-electron chi connectivity index (χ0n) is 17.0. The Balaban J connectivity index is 1.79. The topological polar surface area (TPSA) is 88.4 Å². The van der Waals surface area contributed by atoms with Gasteiger partial charge >= 0.3 is 12.1 Å². The Hall–Kier alpha value is -4.10. The molecule has 0 saturated carbocycles. The van der Waals surface area contributed by atoms with E-state index >= 15 is 0 Å². The van der Waals surface area contributed by atoms with Crippen molar-refractivity contribution in [2.24, 2.45) is 0 Å². The van der Waals surface area contributed by atoms with Crippen LogP contribution in [0.5, 0.6) is 11.5 Å². The molecular weight excluding hydrogens is 457 g/mol. The molecule has 0 aliphatic heterocycles. The first-order valence-electron chi connectivity index (χ1n) is 9.25. The van der Waals surface area contributed by atoms with Crippen molar-refractivity contribution < 1.29 is 32.2 Å². The van der Waals surface area contributed by atoms with Crippen LogP contribution in [0.15, 0.2) is 65.6 Å². The second-order valence-electron chi connectivity index (χ2n) is 6.48. The fourth-order valence-electron chi connectivity index (χ4n) is 2.69. The Bertz CT molecular complexity index is 1250. The van der Waals surface area contributed by atoms with Crippen LogP contribution in [0, 0.1) is 11.3 Å². The minimum atomic E-state index is -4.57. The molecule has 6 nitrogen and oxygen atoms in total. The van der Waals surface area contributed by atoms with Crippen molar-refractivity contribution in [2.75, 3.05) is 12.4 Å². The predicted molar refractivity (Wildman–Crippen MR) is 116 cm³/mol. The predicted octanol–water partition coefficient (Wildman–Crippen LogP) is 5.54. The van der Waals surface area contributed by atoms with Crippen LogP contribution in [0.25, 0.3) is 6.08 Å². The summed E-state index contributed by atoms with van der Waals surface area (Å²) in [6.07, 6.45) is -3.34. The highest BCUT2D eigenvalue weighted by Gasteiger charge is 2.30. The van der Waals surface area contributed by atoms with Crippen LogP contribution >= 0.6 is 11.3 Å². The van der Waals surface area contributed by atoms with E-state index in [1.165, 1.54) is 48.8 Å². The third-order valence-electron chi connectivity index (χ3n) is 4.24. The van der Waals surface area contributed by atoms with Crippen LogP contribution in [0.4, 0.5) is 18.9 Å². The number of esters is 1. The summed E-state index contributed by atoms with van der Waals surface area (Å²) in [7, 11) is 1.36. The van der Waals surface area contributed by atoms with E-state index in [4.69, 9.17) is 9.47 Å². The van der Waals surface area contributed by atoms with Crippen LogP contribution < -0.4 is 14.8 Å². The maximum absolute atomic E-state index is 12.9. The Kier molecular flexibility index (Phi) is 7.15. The largest absolute Gasteiger partial charge is 0.493 e. The van der Waals surface area contributed by atoms with E-state index in [2.05, 4.69) is 5.32 Å². The molecule has 1 aromatic heterocycles. The van der Waals surface area contributed by atoms with Gasteiger partial charge in [0.05, 0.1) is 12.7 Å². The summed E-state index contributed by atoms with van der Waals surface area (Å²) < 4.78 is 49.1. The number of ether oxygens (including phenoxy) is 2. The second kappa shape index (κ2) is 10.0. The number of thiophene rings is 1. The maximum atomic E-state index is 12.9. The summed E-state index contributed by atoms with van der Waals surface area (Å²) in [5.41, 5.74) is -1.01. The van der Waals surface area contributed by atoms with Gasteiger partial charge in [0.2, 0.25) is 0 Å². The number of carbonyl (C=O) groups is 2. The number of halogens is 3. The summed E-state index contributed by atoms with van der Waals surface area (Å²) in [6, 6.07) is 13.5. The molecule has 0 bridgehead atoms. The van der Waals surface area contributed by atoms with Gasteiger partial charge in [-0.25, -0.2) is 4.79 Å². The average Bonchev–Trinajstić information content (AvgIpc) is 3.33. The Morgan fingerprint density at radius 2 is 1.88 bits per heavy atom. The van der Waals surface area contributed by atoms with E-state index in [0.29, 0.717) is 10.4 Å². The van der Waals surface area contributed by atoms with Gasteiger partial charge in [-0.3, -0.25) is 4.79 Å². The standard InChI is InChI=1S/C23H15F3N2O4S/c1-31-19-11-14(7-8-18(19)32-22(30)20-6-3-9-33-20)10-15(13-27)21(29)28-17-5-2-4-16(12-17)23(24,25)26/h2-12H,1H3,(H,28,29)/b15-10+. The van der Waals surface area contributed by atoms with Gasteiger partial charge < -0.3 is 14.8 Å². The van der Waals surface area contributed by atoms with Crippen molar-refractivity contribution in [1.29, 1.82) is 5.26 Å². The monoisotopic (exact) mass is 472 g/mol. The van der Waals surface area contributed by atoms with Gasteiger partial charge in [-0.05, 0) is 53.4 Å². The molecule has 0 atom stereocenters. The lowest BCUT2D eigenvalue weighted by atomic mass is 10.1. The highest BCUT2D eigenvalue weighted by molar-refractivity contribution is 7.12. The Labute approximate surface area is 190 Å². The lowest BCUT2D eigenvalue weighted by molar-refractivity contribution is -0.137. The molecule has 2 aromatic carbocycles. The first-order chi connectivity index (χ1) is 15.7. The summed E-state index contributed by atoms with van der Waals surface area (Å²) in [4.78, 5) is 25.0. The number of nitrogens with zero attached hydrogens (tertiary/aromatic N) is 1. The van der Waals surface area contributed by atoms with Crippen molar-refractivity contribution in [3.63, 3.8) is 0 Å². The van der Waals surface area contributed by atoms with E-state index < -0.39 is 23.6 Å². The fraction of sp³-hybridized carbons (Fsp3) is 0.0870. The number of anilines is 1. The number of rotatable bonds is 6. The van der Waals surface area contributed by atoms with Crippen LogP contribution in [0.3, 0.4) is 0 Å². The Morgan fingerprint density at radius 3 is 2.52 bits per heavy atom. The van der Waals surface area contributed by atoms with E-state index in [0.717, 1.165) is 18.2 Å². The van der Waals surface area contributed by atoms with Crippen molar-refractivity contribution in [1.82, 2.24) is 0 Å². The highest BCUT2D eigenvalue weighted by atomic mass is 32.1. The number of nitrogens with one attached hydrogen (secondary N) is 1. The molecule has 1 heterocycles. The zero-order chi connectivity index (χ0) is 24.0. The maximum Gasteiger partial charge on any atom is 0.416 e. The van der Waals surface area contributed by atoms with Gasteiger partial charge in [0.1, 0.15) is 16.5 Å². The summed E-state index contributed by atoms with van der Waals surface area (Å²) in [6.45, 7) is 0. The normalized spacial score (nSPS) is 11.4. The van der Waals surface area contributed by atoms with E-state index in [9.17, 15) is 28.0 Å². The number of amides is 1. The number of hydrogen-bond donors (Lipinski definition) is 1. The van der Waals surface area contributed by atoms with Gasteiger partial charge in [-0.2, -0.15) is 18.4 Å². The van der Waals surface area contributed by atoms with Crippen molar-refractivity contribution in [3.8, 4) is 17.6 Å². The minimum Gasteiger partial charge on any atom is -0.493 e. The quantitative estimate of drug-likeness (QED) is 0.220. The van der Waals surface area contributed by atoms with Crippen LogP contribution in [-0.4, -0.2) is 19.0 Å². The second-order valence-corrected chi connectivity index (χ2v) is 7.43. The lowest BCUT2D eigenvalue weighted by Gasteiger charge is -2.10. The lowest BCUT2D eigenvalue weighted by Crippen LogP contribution is -2.14. The molecule has 3 aromatic rings. The molecule has 0 aliphatic rings. The number of alkyl halides is 3. The SMILES string of the molecule is COc1cc(/C=C(\C#N)C(=O)Nc2cccc(C(F)(F)F)c2)ccc1OC(=O)c1cccs1. The average molecular weight is 472 g/mol. The number of methoxy groups -OCH3 is 1. The number of benzene rings is 2. The summed E-state index contributed by atoms with van der Waals surface area (Å²) in [5, 5.41) is 13.4. The smallest absolute Gasteiger partial charge is 0.416 e. The van der Waals surface area contributed by atoms with Gasteiger partial charge in [0.15, 0.2) is 11.5 Å². The molecule has 1 N–H and O–H groups in total. The molecule has 1 amide bonds. The molecule has 3 rings (SSSR count). The molecule has 0 fully saturated rings. The highest BCUT2D eigenvalue weighted by Crippen LogP contribution is 2.32. The molecule has 0 unspecified atom stereocenters. The van der Waals surface area contributed by atoms with Crippen molar-refractivity contribution >= 4 is 35.0 Å². The number of carbonyl (C=O) groups excluding carboxylic acids is 2. The van der Waals surface area contributed by atoms with Crippen LogP contribution in [0.2, 0.25) is 0 Å². The van der Waals surface area contributed by atoms with Crippen LogP contribution in [0.1, 0.15) is 20.8 Å². The molecule has 0 saturated heterocycles. The third kappa shape index (κ3) is 5.99. The number of hydrogen-bond acceptors (Lipinski definition) is 6. The van der Waals surface area contributed by atoms with Gasteiger partial charge in [-0.15, -0.1) is 11.3 Å². The van der Waals surface area contributed by atoms with Crippen molar-refractivity contribution in [2.45, 2.75) is 6.18 Å². The fourth-order valence-corrected chi connectivity index (χ4v) is 3.29. The minimum absolute atomic E-state index is 0.107. The van der Waals surface area contributed by atoms with Gasteiger partial charge in [-0.1, -0.05) is 18.2 Å². The summed E-state index contributed by atoms with van der Waals surface area (Å²) in [5.74, 6) is -1.13. The molecule has 168 valence electrons. The molecule has 10 heteroatoms. The van der Waals surface area contributed by atoms with Crippen molar-refractivity contribution in [3.05, 3.63) is 81.6 Å². The Morgan fingerprint density at radius 1 is 1.09 bits per heavy atom. The molecule has 0 aliphatic carbocycles. The third-order valence-corrected chi connectivity index (χ3v) is 5.09. The van der Waals surface area contributed by atoms with Gasteiger partial charge in [0, 0.05) is 5.69 Å². The molecule has 33 heavy (non-hydrogen) atoms. The first kappa shape index (κ1) is 23.6. The first-order valence-corrected chi connectivity index (χ1v) is 10.1. The molecule has 0 radical (unpaired) electrons. The van der Waals surface area contributed by atoms with Gasteiger partial charge in [0.25, 0.3) is 5.91 Å². The van der Waals surface area contributed by atoms with E-state index in [-0.39, 0.29) is 22.8 Å². The van der Waals surface area contributed by atoms with E-state index in [1.54, 1.807) is 23.6 Å². The van der Waals surface area contributed by atoms with E-state index in [1.807, 2.05) is 0 Å². The molecule has 0 spiro atoms. The molecular formula is C23H15F3N2O4S. The summed E-state index contributed by atoms with van der Waals surface area (Å²) >= 11 is 1.22. The zero-order valence-corrected chi connectivity index (χ0v) is 17.8. The van der Waals surface area contributed by atoms with Crippen LogP contribution in [-0.2, 0) is 11.0 Å².